The number of aromatic nitrogens is 5. The smallest absolute Gasteiger partial charge is 0.305 e. The van der Waals surface area contributed by atoms with Gasteiger partial charge in [0.05, 0.1) is 48.3 Å². The Morgan fingerprint density at radius 2 is 1.07 bits per heavy atom. The minimum Gasteiger partial charge on any atom is -0.469 e. The molecule has 0 aromatic carbocycles. The number of hydrogen-bond acceptors (Lipinski definition) is 7. The van der Waals surface area contributed by atoms with Crippen molar-refractivity contribution in [3.05, 3.63) is 80.0 Å². The summed E-state index contributed by atoms with van der Waals surface area (Å²) in [4.78, 5) is 59.5. The number of ketones is 1. The van der Waals surface area contributed by atoms with Crippen LogP contribution in [0.4, 0.5) is 0 Å². The number of ether oxygens (including phenoxy) is 2. The number of nitrogens with zero attached hydrogens (tertiary/aromatic N) is 2. The first-order chi connectivity index (χ1) is 25.7. The number of esters is 2. The van der Waals surface area contributed by atoms with Crippen LogP contribution < -0.4 is 0 Å². The van der Waals surface area contributed by atoms with Crippen LogP contribution in [-0.4, -0.2) is 56.9 Å². The van der Waals surface area contributed by atoms with Gasteiger partial charge >= 0.3 is 11.9 Å². The zero-order valence-corrected chi connectivity index (χ0v) is 33.4. The third kappa shape index (κ3) is 6.63. The van der Waals surface area contributed by atoms with Crippen LogP contribution in [0.2, 0.25) is 0 Å². The van der Waals surface area contributed by atoms with Crippen molar-refractivity contribution in [3.63, 3.8) is 0 Å². The van der Waals surface area contributed by atoms with E-state index < -0.39 is 0 Å². The van der Waals surface area contributed by atoms with E-state index in [1.54, 1.807) is 6.92 Å². The van der Waals surface area contributed by atoms with Gasteiger partial charge in [0.2, 0.25) is 0 Å². The first kappa shape index (κ1) is 38.2. The SMILES string of the molecule is CCC1=C(C)c2cc3[nH]c(cc4[nH]c(cc5nc(c(-c6[nH]c(C)c(C(C)=O)c6C)c1n2)C(CC)=C5C)c(C)c4CCC(=O)OC)c(CCC(=O)OC)c3C. The molecule has 0 unspecified atom stereocenters. The van der Waals surface area contributed by atoms with E-state index >= 15 is 0 Å². The Labute approximate surface area is 316 Å². The fourth-order valence-corrected chi connectivity index (χ4v) is 8.26. The summed E-state index contributed by atoms with van der Waals surface area (Å²) in [5, 5.41) is 0. The van der Waals surface area contributed by atoms with Crippen LogP contribution >= 0.6 is 0 Å². The molecule has 6 heterocycles. The highest BCUT2D eigenvalue weighted by Gasteiger charge is 2.29. The van der Waals surface area contributed by atoms with E-state index in [2.05, 4.69) is 74.7 Å². The molecule has 4 aromatic rings. The summed E-state index contributed by atoms with van der Waals surface area (Å²) in [5.74, 6) is -0.554. The number of carbonyl (C=O) groups excluding carboxylic acids is 3. The van der Waals surface area contributed by atoms with Gasteiger partial charge in [0, 0.05) is 46.2 Å². The van der Waals surface area contributed by atoms with Gasteiger partial charge in [0.25, 0.3) is 0 Å². The van der Waals surface area contributed by atoms with Crippen LogP contribution in [0.5, 0.6) is 0 Å². The van der Waals surface area contributed by atoms with Crippen LogP contribution in [0.3, 0.4) is 0 Å². The fourth-order valence-electron chi connectivity index (χ4n) is 8.26. The molecule has 0 saturated carbocycles. The molecule has 0 saturated heterocycles. The van der Waals surface area contributed by atoms with Gasteiger partial charge in [0.1, 0.15) is 0 Å². The predicted octanol–water partition coefficient (Wildman–Crippen LogP) is 9.64. The van der Waals surface area contributed by atoms with E-state index in [0.717, 1.165) is 125 Å². The van der Waals surface area contributed by atoms with E-state index in [4.69, 9.17) is 19.4 Å². The molecule has 10 nitrogen and oxygen atoms in total. The molecule has 0 amide bonds. The minimum atomic E-state index is -0.281. The number of allylic oxidation sites excluding steroid dienone is 4. The van der Waals surface area contributed by atoms with Crippen LogP contribution in [0.1, 0.15) is 127 Å². The summed E-state index contributed by atoms with van der Waals surface area (Å²) in [6.07, 6.45) is 2.90. The number of fused-ring (bicyclic) bond motifs is 8. The maximum absolute atomic E-state index is 12.9. The van der Waals surface area contributed by atoms with Crippen molar-refractivity contribution >= 4 is 62.1 Å². The van der Waals surface area contributed by atoms with Gasteiger partial charge in [-0.15, -0.1) is 0 Å². The predicted molar refractivity (Wildman–Crippen MR) is 216 cm³/mol. The van der Waals surface area contributed by atoms with E-state index in [9.17, 15) is 14.4 Å². The highest BCUT2D eigenvalue weighted by atomic mass is 16.5. The molecule has 6 rings (SSSR count). The number of Topliss-reactive ketones (excluding diaryl/α,β-unsaturated/α-hetero) is 1. The highest BCUT2D eigenvalue weighted by molar-refractivity contribution is 6.04. The number of rotatable bonds is 10. The Morgan fingerprint density at radius 3 is 1.44 bits per heavy atom. The number of methoxy groups -OCH3 is 2. The van der Waals surface area contributed by atoms with E-state index in [1.807, 2.05) is 13.8 Å². The molecule has 282 valence electrons. The highest BCUT2D eigenvalue weighted by Crippen LogP contribution is 2.45. The molecule has 0 aliphatic carbocycles. The van der Waals surface area contributed by atoms with Gasteiger partial charge in [-0.2, -0.15) is 0 Å². The van der Waals surface area contributed by atoms with Crippen LogP contribution in [0.25, 0.3) is 55.6 Å². The van der Waals surface area contributed by atoms with E-state index in [0.29, 0.717) is 18.4 Å². The Morgan fingerprint density at radius 1 is 0.630 bits per heavy atom. The van der Waals surface area contributed by atoms with Gasteiger partial charge < -0.3 is 24.4 Å². The lowest BCUT2D eigenvalue weighted by Gasteiger charge is -2.12. The normalized spacial score (nSPS) is 12.9. The molecule has 2 aliphatic heterocycles. The lowest BCUT2D eigenvalue weighted by Crippen LogP contribution is -2.02. The van der Waals surface area contributed by atoms with Crippen molar-refractivity contribution < 1.29 is 23.9 Å². The van der Waals surface area contributed by atoms with Gasteiger partial charge in [-0.05, 0) is 142 Å². The summed E-state index contributed by atoms with van der Waals surface area (Å²) in [6.45, 7) is 18.2. The maximum atomic E-state index is 12.9. The lowest BCUT2D eigenvalue weighted by atomic mass is 9.92. The summed E-state index contributed by atoms with van der Waals surface area (Å²) in [5.41, 5.74) is 19.4. The van der Waals surface area contributed by atoms with Crippen molar-refractivity contribution in [3.8, 4) is 11.3 Å². The average molecular weight is 730 g/mol. The first-order valence-electron chi connectivity index (χ1n) is 18.7. The maximum Gasteiger partial charge on any atom is 0.305 e. The Bertz CT molecular complexity index is 2330. The average Bonchev–Trinajstić information content (AvgIpc) is 3.88. The van der Waals surface area contributed by atoms with Gasteiger partial charge in [-0.1, -0.05) is 13.8 Å². The van der Waals surface area contributed by atoms with Crippen molar-refractivity contribution in [2.24, 2.45) is 0 Å². The van der Waals surface area contributed by atoms with Crippen molar-refractivity contribution in [2.75, 3.05) is 14.2 Å². The number of hydrogen-bond donors (Lipinski definition) is 3. The Balaban J connectivity index is 1.84. The molecular weight excluding hydrogens is 679 g/mol. The second-order valence-electron chi connectivity index (χ2n) is 14.4. The molecule has 0 fully saturated rings. The topological polar surface area (TPSA) is 143 Å². The van der Waals surface area contributed by atoms with E-state index in [-0.39, 0.29) is 30.6 Å². The Hall–Kier alpha value is -5.51. The standard InChI is InChI=1S/C44H51N5O5/c1-12-28-21(3)34-18-32-23(5)30(14-16-38(51)53-10)36(46-32)20-37-31(15-17-39(52)54-11)24(6)33(47-37)19-35-22(4)29(13-2)44(49-35)41(43(28)48-34)42-25(7)40(27(9)50)26(8)45-42/h18-20,45-47H,12-17H2,1-11H3. The third-order valence-corrected chi connectivity index (χ3v) is 11.3. The molecule has 8 bridgehead atoms. The third-order valence-electron chi connectivity index (χ3n) is 11.3. The molecule has 0 atom stereocenters. The van der Waals surface area contributed by atoms with Gasteiger partial charge in [-0.3, -0.25) is 14.4 Å². The second kappa shape index (κ2) is 15.1. The van der Waals surface area contributed by atoms with Crippen molar-refractivity contribution in [1.29, 1.82) is 0 Å². The molecule has 3 N–H and O–H groups in total. The molecule has 0 radical (unpaired) electrons. The lowest BCUT2D eigenvalue weighted by molar-refractivity contribution is -0.141. The molecule has 0 spiro atoms. The molecular formula is C44H51N5O5. The quantitative estimate of drug-likeness (QED) is 0.109. The number of nitrogens with one attached hydrogen (secondary N) is 3. The largest absolute Gasteiger partial charge is 0.469 e. The summed E-state index contributed by atoms with van der Waals surface area (Å²) in [6, 6.07) is 6.27. The number of carbonyl (C=O) groups is 3. The number of H-pyrrole nitrogens is 3. The first-order valence-corrected chi connectivity index (χ1v) is 18.7. The minimum absolute atomic E-state index is 0.00735. The van der Waals surface area contributed by atoms with Crippen LogP contribution in [0.15, 0.2) is 18.2 Å². The number of aromatic amines is 3. The van der Waals surface area contributed by atoms with Crippen molar-refractivity contribution in [2.45, 2.75) is 101 Å². The second-order valence-corrected chi connectivity index (χ2v) is 14.4. The summed E-state index contributed by atoms with van der Waals surface area (Å²) >= 11 is 0. The summed E-state index contributed by atoms with van der Waals surface area (Å²) < 4.78 is 10.0. The van der Waals surface area contributed by atoms with Gasteiger partial charge in [-0.25, -0.2) is 9.97 Å². The fraction of sp³-hybridized carbons (Fsp3) is 0.386. The Kier molecular flexibility index (Phi) is 10.7. The van der Waals surface area contributed by atoms with Crippen LogP contribution in [0, 0.1) is 27.7 Å². The van der Waals surface area contributed by atoms with E-state index in [1.165, 1.54) is 14.2 Å². The number of aryl methyl sites for hydroxylation is 5. The van der Waals surface area contributed by atoms with Gasteiger partial charge in [0.15, 0.2) is 5.78 Å². The van der Waals surface area contributed by atoms with Crippen molar-refractivity contribution in [1.82, 2.24) is 24.9 Å². The molecule has 4 aromatic heterocycles. The molecule has 2 aliphatic rings. The molecule has 10 heteroatoms. The monoisotopic (exact) mass is 729 g/mol. The zero-order valence-electron chi connectivity index (χ0n) is 33.4. The summed E-state index contributed by atoms with van der Waals surface area (Å²) in [7, 11) is 2.81. The molecule has 54 heavy (non-hydrogen) atoms. The zero-order chi connectivity index (χ0) is 39.2. The van der Waals surface area contributed by atoms with Crippen LogP contribution in [-0.2, 0) is 31.9 Å².